The van der Waals surface area contributed by atoms with Crippen LogP contribution in [0.1, 0.15) is 38.3 Å². The summed E-state index contributed by atoms with van der Waals surface area (Å²) in [5.41, 5.74) is 7.88. The van der Waals surface area contributed by atoms with E-state index in [0.29, 0.717) is 22.4 Å². The molecular formula is C35H27Cl3N4O3. The fraction of sp³-hybridized carbons (Fsp3) is 0.0857. The van der Waals surface area contributed by atoms with Gasteiger partial charge in [-0.2, -0.15) is 5.26 Å². The van der Waals surface area contributed by atoms with E-state index in [1.165, 1.54) is 0 Å². The lowest BCUT2D eigenvalue weighted by Gasteiger charge is -2.12. The van der Waals surface area contributed by atoms with E-state index in [-0.39, 0.29) is 15.6 Å². The van der Waals surface area contributed by atoms with Crippen molar-refractivity contribution in [1.29, 1.82) is 5.26 Å². The number of nitrogens with zero attached hydrogens (tertiary/aromatic N) is 2. The van der Waals surface area contributed by atoms with Crippen LogP contribution in [0.4, 0.5) is 5.69 Å². The standard InChI is InChI=1S/C18H14Cl2N2O3.C17H13ClN2/c19-13-8-14-12(17(20)16(13)18(25)21-9-15(23)24)7-11(22-14)6-10-4-2-1-3-5-10;1-4-13-11(2)5-7-15(17(13)20-3)14-8-6-12(10-19)9-16(14)18/h1-5,7-8,22H,6,9H2,(H,21,25)(H,23,24);4-9H,1,3H2,2H3. The molecule has 0 saturated carbocycles. The first kappa shape index (κ1) is 33.0. The number of halogens is 3. The molecule has 0 radical (unpaired) electrons. The predicted molar refractivity (Wildman–Crippen MR) is 183 cm³/mol. The molecule has 226 valence electrons. The molecule has 45 heavy (non-hydrogen) atoms. The highest BCUT2D eigenvalue weighted by molar-refractivity contribution is 6.43. The van der Waals surface area contributed by atoms with Crippen molar-refractivity contribution in [3.8, 4) is 17.2 Å². The number of aliphatic carboxylic acids is 1. The number of benzene rings is 4. The zero-order valence-electron chi connectivity index (χ0n) is 24.1. The second-order valence-corrected chi connectivity index (χ2v) is 11.1. The minimum atomic E-state index is -1.14. The van der Waals surface area contributed by atoms with Gasteiger partial charge in [0.15, 0.2) is 0 Å². The van der Waals surface area contributed by atoms with Crippen molar-refractivity contribution in [3.63, 3.8) is 0 Å². The number of aromatic nitrogens is 1. The quantitative estimate of drug-likeness (QED) is 0.144. The minimum absolute atomic E-state index is 0.0716. The van der Waals surface area contributed by atoms with E-state index < -0.39 is 18.4 Å². The highest BCUT2D eigenvalue weighted by atomic mass is 35.5. The Bertz CT molecular complexity index is 1980. The molecule has 0 aliphatic rings. The molecule has 10 heteroatoms. The Hall–Kier alpha value is -4.87. The van der Waals surface area contributed by atoms with Gasteiger partial charge in [0.2, 0.25) is 0 Å². The van der Waals surface area contributed by atoms with E-state index in [1.54, 1.807) is 24.3 Å². The zero-order valence-corrected chi connectivity index (χ0v) is 26.4. The van der Waals surface area contributed by atoms with Crippen LogP contribution >= 0.6 is 34.8 Å². The Labute approximate surface area is 275 Å². The first-order chi connectivity index (χ1) is 21.6. The van der Waals surface area contributed by atoms with Gasteiger partial charge in [-0.1, -0.05) is 96.0 Å². The molecule has 0 aliphatic carbocycles. The first-order valence-corrected chi connectivity index (χ1v) is 14.7. The monoisotopic (exact) mass is 656 g/mol. The molecular weight excluding hydrogens is 631 g/mol. The van der Waals surface area contributed by atoms with Crippen LogP contribution in [-0.4, -0.2) is 35.2 Å². The summed E-state index contributed by atoms with van der Waals surface area (Å²) >= 11 is 18.8. The third kappa shape index (κ3) is 7.62. The molecule has 0 aliphatic heterocycles. The number of H-pyrrole nitrogens is 1. The number of aryl methyl sites for hydroxylation is 1. The minimum Gasteiger partial charge on any atom is -0.480 e. The molecule has 0 saturated heterocycles. The van der Waals surface area contributed by atoms with Gasteiger partial charge in [-0.15, -0.1) is 0 Å². The van der Waals surface area contributed by atoms with Crippen molar-refractivity contribution in [2.75, 3.05) is 6.54 Å². The van der Waals surface area contributed by atoms with Crippen LogP contribution in [0.5, 0.6) is 0 Å². The molecule has 1 aromatic heterocycles. The normalized spacial score (nSPS) is 10.4. The van der Waals surface area contributed by atoms with Gasteiger partial charge >= 0.3 is 5.97 Å². The first-order valence-electron chi connectivity index (χ1n) is 13.5. The Balaban J connectivity index is 0.000000210. The number of rotatable bonds is 8. The number of aromatic amines is 1. The van der Waals surface area contributed by atoms with E-state index in [9.17, 15) is 9.59 Å². The number of carbonyl (C=O) groups excluding carboxylic acids is 1. The average molecular weight is 658 g/mol. The molecule has 0 bridgehead atoms. The summed E-state index contributed by atoms with van der Waals surface area (Å²) in [6, 6.07) is 24.6. The molecule has 1 amide bonds. The van der Waals surface area contributed by atoms with Crippen LogP contribution in [0.2, 0.25) is 15.1 Å². The molecule has 4 aromatic carbocycles. The number of amides is 1. The lowest BCUT2D eigenvalue weighted by atomic mass is 9.96. The summed E-state index contributed by atoms with van der Waals surface area (Å²) < 4.78 is 0. The molecule has 5 aromatic rings. The summed E-state index contributed by atoms with van der Waals surface area (Å²) in [5, 5.41) is 21.4. The number of carboxylic acid groups (broad SMARTS) is 1. The van der Waals surface area contributed by atoms with E-state index in [4.69, 9.17) is 45.2 Å². The molecule has 7 nitrogen and oxygen atoms in total. The number of carboxylic acids is 1. The van der Waals surface area contributed by atoms with Crippen molar-refractivity contribution in [3.05, 3.63) is 128 Å². The number of carbonyl (C=O) groups is 2. The van der Waals surface area contributed by atoms with Crippen molar-refractivity contribution in [2.24, 2.45) is 4.99 Å². The van der Waals surface area contributed by atoms with Gasteiger partial charge in [0, 0.05) is 44.7 Å². The number of hydrogen-bond donors (Lipinski definition) is 3. The van der Waals surface area contributed by atoms with Crippen LogP contribution in [0.3, 0.4) is 0 Å². The summed E-state index contributed by atoms with van der Waals surface area (Å²) in [7, 11) is 0. The molecule has 3 N–H and O–H groups in total. The SMILES string of the molecule is C=Cc1c(C)ccc(-c2ccc(C#N)cc2Cl)c1N=C.O=C(O)CNC(=O)c1c(Cl)cc2[nH]c(Cc3ccccc3)cc2c1Cl. The van der Waals surface area contributed by atoms with Crippen molar-refractivity contribution < 1.29 is 14.7 Å². The van der Waals surface area contributed by atoms with Crippen LogP contribution in [-0.2, 0) is 11.2 Å². The molecule has 0 fully saturated rings. The summed E-state index contributed by atoms with van der Waals surface area (Å²) in [6.45, 7) is 8.95. The van der Waals surface area contributed by atoms with Crippen LogP contribution < -0.4 is 5.32 Å². The molecule has 1 heterocycles. The fourth-order valence-electron chi connectivity index (χ4n) is 4.78. The number of hydrogen-bond acceptors (Lipinski definition) is 4. The molecule has 5 rings (SSSR count). The lowest BCUT2D eigenvalue weighted by molar-refractivity contribution is -0.135. The van der Waals surface area contributed by atoms with E-state index in [0.717, 1.165) is 44.7 Å². The van der Waals surface area contributed by atoms with Crippen molar-refractivity contribution in [2.45, 2.75) is 13.3 Å². The van der Waals surface area contributed by atoms with Crippen LogP contribution in [0, 0.1) is 18.3 Å². The maximum Gasteiger partial charge on any atom is 0.322 e. The number of fused-ring (bicyclic) bond motifs is 1. The van der Waals surface area contributed by atoms with Gasteiger partial charge in [-0.3, -0.25) is 14.6 Å². The van der Waals surface area contributed by atoms with Gasteiger partial charge in [0.25, 0.3) is 5.91 Å². The van der Waals surface area contributed by atoms with E-state index >= 15 is 0 Å². The number of nitrogens with one attached hydrogen (secondary N) is 2. The fourth-order valence-corrected chi connectivity index (χ4v) is 5.75. The summed E-state index contributed by atoms with van der Waals surface area (Å²) in [6.07, 6.45) is 2.45. The summed E-state index contributed by atoms with van der Waals surface area (Å²) in [4.78, 5) is 30.2. The lowest BCUT2D eigenvalue weighted by Crippen LogP contribution is -2.29. The van der Waals surface area contributed by atoms with Gasteiger partial charge in [-0.25, -0.2) is 0 Å². The maximum atomic E-state index is 12.2. The highest BCUT2D eigenvalue weighted by Crippen LogP contribution is 2.39. The third-order valence-electron chi connectivity index (χ3n) is 6.92. The van der Waals surface area contributed by atoms with Gasteiger partial charge < -0.3 is 15.4 Å². The van der Waals surface area contributed by atoms with E-state index in [2.05, 4.69) is 34.7 Å². The smallest absolute Gasteiger partial charge is 0.322 e. The Morgan fingerprint density at radius 2 is 1.73 bits per heavy atom. The maximum absolute atomic E-state index is 12.2. The topological polar surface area (TPSA) is 118 Å². The second-order valence-electron chi connectivity index (χ2n) is 9.90. The molecule has 0 atom stereocenters. The number of nitriles is 1. The van der Waals surface area contributed by atoms with Crippen LogP contribution in [0.25, 0.3) is 28.1 Å². The Morgan fingerprint density at radius 1 is 1.02 bits per heavy atom. The van der Waals surface area contributed by atoms with Gasteiger partial charge in [-0.05, 0) is 49.0 Å². The Morgan fingerprint density at radius 3 is 2.36 bits per heavy atom. The molecule has 0 unspecified atom stereocenters. The van der Waals surface area contributed by atoms with Crippen LogP contribution in [0.15, 0.2) is 84.4 Å². The van der Waals surface area contributed by atoms with Crippen molar-refractivity contribution >= 4 is 76.1 Å². The van der Waals surface area contributed by atoms with Gasteiger partial charge in [0.1, 0.15) is 6.54 Å². The second kappa shape index (κ2) is 14.7. The largest absolute Gasteiger partial charge is 0.480 e. The molecule has 0 spiro atoms. The average Bonchev–Trinajstić information content (AvgIpc) is 3.43. The Kier molecular flexibility index (Phi) is 10.8. The highest BCUT2D eigenvalue weighted by Gasteiger charge is 2.20. The van der Waals surface area contributed by atoms with Gasteiger partial charge in [0.05, 0.1) is 32.9 Å². The third-order valence-corrected chi connectivity index (χ3v) is 7.92. The zero-order chi connectivity index (χ0) is 32.7. The predicted octanol–water partition coefficient (Wildman–Crippen LogP) is 9.04. The summed E-state index contributed by atoms with van der Waals surface area (Å²) in [5.74, 6) is -1.77. The number of aliphatic imine (C=N–C) groups is 1. The van der Waals surface area contributed by atoms with E-state index in [1.807, 2.05) is 61.5 Å². The van der Waals surface area contributed by atoms with Crippen molar-refractivity contribution in [1.82, 2.24) is 10.3 Å².